The molecule has 1 heterocycles. The maximum absolute atomic E-state index is 13.2. The Morgan fingerprint density at radius 1 is 1.00 bits per heavy atom. The Kier molecular flexibility index (Phi) is 9.40. The summed E-state index contributed by atoms with van der Waals surface area (Å²) in [6.45, 7) is 5.51. The van der Waals surface area contributed by atoms with Gasteiger partial charge in [-0.15, -0.1) is 0 Å². The van der Waals surface area contributed by atoms with Crippen LogP contribution in [0.5, 0.6) is 17.2 Å². The first-order valence-corrected chi connectivity index (χ1v) is 14.5. The number of aliphatic hydroxyl groups excluding tert-OH is 2. The Bertz CT molecular complexity index is 1040. The topological polar surface area (TPSA) is 127 Å². The van der Waals surface area contributed by atoms with Crippen LogP contribution in [0.3, 0.4) is 0 Å². The summed E-state index contributed by atoms with van der Waals surface area (Å²) in [6.07, 6.45) is 4.22. The first-order chi connectivity index (χ1) is 19.1. The van der Waals surface area contributed by atoms with Gasteiger partial charge in [0.25, 0.3) is 0 Å². The molecule has 2 saturated carbocycles. The van der Waals surface area contributed by atoms with Crippen LogP contribution in [0.1, 0.15) is 65.2 Å². The van der Waals surface area contributed by atoms with Gasteiger partial charge in [0.15, 0.2) is 11.5 Å². The van der Waals surface area contributed by atoms with Gasteiger partial charge in [-0.3, -0.25) is 10.1 Å². The molecular formula is C30H46N2O8. The number of carbonyl (C=O) groups excluding carboxylic acids is 2. The fourth-order valence-electron chi connectivity index (χ4n) is 7.67. The van der Waals surface area contributed by atoms with Gasteiger partial charge in [0.1, 0.15) is 6.10 Å². The minimum absolute atomic E-state index is 0.0275. The molecule has 40 heavy (non-hydrogen) atoms. The lowest BCUT2D eigenvalue weighted by molar-refractivity contribution is -0.186. The number of rotatable bonds is 8. The Labute approximate surface area is 237 Å². The molecule has 0 unspecified atom stereocenters. The molecule has 224 valence electrons. The maximum atomic E-state index is 13.2. The molecule has 0 spiro atoms. The zero-order valence-corrected chi connectivity index (χ0v) is 24.5. The summed E-state index contributed by atoms with van der Waals surface area (Å²) in [5.74, 6) is 1.09. The highest BCUT2D eigenvalue weighted by atomic mass is 16.6. The van der Waals surface area contributed by atoms with Crippen LogP contribution in [0.2, 0.25) is 0 Å². The summed E-state index contributed by atoms with van der Waals surface area (Å²) < 4.78 is 22.1. The van der Waals surface area contributed by atoms with Crippen molar-refractivity contribution in [2.24, 2.45) is 22.7 Å². The van der Waals surface area contributed by atoms with E-state index in [9.17, 15) is 19.8 Å². The van der Waals surface area contributed by atoms with E-state index in [1.807, 2.05) is 11.8 Å². The van der Waals surface area contributed by atoms with Gasteiger partial charge in [0, 0.05) is 37.1 Å². The monoisotopic (exact) mass is 562 g/mol. The molecule has 4 rings (SSSR count). The second-order valence-corrected chi connectivity index (χ2v) is 12.1. The Morgan fingerprint density at radius 3 is 2.23 bits per heavy atom. The fraction of sp³-hybridized carbons (Fsp3) is 0.733. The molecule has 1 saturated heterocycles. The Hall–Kier alpha value is -2.72. The summed E-state index contributed by atoms with van der Waals surface area (Å²) in [7, 11) is 4.51. The van der Waals surface area contributed by atoms with E-state index < -0.39 is 23.7 Å². The lowest BCUT2D eigenvalue weighted by Gasteiger charge is -2.60. The molecule has 3 aliphatic rings. The first-order valence-electron chi connectivity index (χ1n) is 14.5. The van der Waals surface area contributed by atoms with Crippen LogP contribution >= 0.6 is 0 Å². The first kappa shape index (κ1) is 30.2. The third-order valence-electron chi connectivity index (χ3n) is 9.94. The molecule has 10 heteroatoms. The number of hydrogen-bond donors (Lipinski definition) is 3. The highest BCUT2D eigenvalue weighted by molar-refractivity contribution is 5.86. The molecule has 0 bridgehead atoms. The highest BCUT2D eigenvalue weighted by Crippen LogP contribution is 2.61. The third kappa shape index (κ3) is 5.70. The highest BCUT2D eigenvalue weighted by Gasteiger charge is 2.60. The van der Waals surface area contributed by atoms with Crippen LogP contribution < -0.4 is 19.5 Å². The number of methoxy groups -OCH3 is 3. The number of ether oxygens (including phenoxy) is 4. The predicted molar refractivity (Wildman–Crippen MR) is 150 cm³/mol. The summed E-state index contributed by atoms with van der Waals surface area (Å²) in [5, 5.41) is 24.6. The van der Waals surface area contributed by atoms with Crippen molar-refractivity contribution in [3.8, 4) is 17.2 Å². The second-order valence-electron chi connectivity index (χ2n) is 12.1. The van der Waals surface area contributed by atoms with E-state index in [4.69, 9.17) is 18.9 Å². The number of aliphatic hydroxyl groups is 2. The molecule has 1 aromatic rings. The SMILES string of the molecule is COc1cc(NC(=O)O[C@@H]2CC[C@]3(C)[C@H](CC[C@@H](O)[C@H]3CC(=O)N3CCCCC3)[C@]2(C)CO)cc(OC)c1OC. The number of benzene rings is 1. The standard InChI is InChI=1S/C30H46N2O8/c1-29-12-11-25(40-28(36)31-19-15-22(37-3)27(39-5)23(16-19)38-4)30(2,18-33)24(29)10-9-21(34)20(29)17-26(35)32-13-7-6-8-14-32/h15-16,20-21,24-25,33-34H,6-14,17-18H2,1-5H3,(H,31,36)/t20-,21-,24+,25-,29+,30+/m1/s1. The zero-order chi connectivity index (χ0) is 29.1. The second kappa shape index (κ2) is 12.4. The quantitative estimate of drug-likeness (QED) is 0.430. The fourth-order valence-corrected chi connectivity index (χ4v) is 7.67. The number of anilines is 1. The minimum Gasteiger partial charge on any atom is -0.493 e. The van der Waals surface area contributed by atoms with Crippen molar-refractivity contribution >= 4 is 17.7 Å². The summed E-state index contributed by atoms with van der Waals surface area (Å²) in [4.78, 5) is 28.3. The summed E-state index contributed by atoms with van der Waals surface area (Å²) in [5.41, 5.74) is -0.678. The molecule has 3 N–H and O–H groups in total. The molecule has 0 radical (unpaired) electrons. The number of piperidine rings is 1. The summed E-state index contributed by atoms with van der Waals surface area (Å²) >= 11 is 0. The molecule has 10 nitrogen and oxygen atoms in total. The number of amides is 2. The predicted octanol–water partition coefficient (Wildman–Crippen LogP) is 4.22. The molecule has 0 aromatic heterocycles. The zero-order valence-electron chi connectivity index (χ0n) is 24.5. The Morgan fingerprint density at radius 2 is 1.65 bits per heavy atom. The van der Waals surface area contributed by atoms with Gasteiger partial charge >= 0.3 is 6.09 Å². The van der Waals surface area contributed by atoms with Crippen molar-refractivity contribution in [1.29, 1.82) is 0 Å². The molecule has 1 aromatic carbocycles. The van der Waals surface area contributed by atoms with Crippen LogP contribution in [0.25, 0.3) is 0 Å². The number of nitrogens with one attached hydrogen (secondary N) is 1. The van der Waals surface area contributed by atoms with Gasteiger partial charge in [-0.2, -0.15) is 0 Å². The normalized spacial score (nSPS) is 32.0. The maximum Gasteiger partial charge on any atom is 0.411 e. The summed E-state index contributed by atoms with van der Waals surface area (Å²) in [6, 6.07) is 3.25. The van der Waals surface area contributed by atoms with E-state index in [0.717, 1.165) is 32.4 Å². The van der Waals surface area contributed by atoms with E-state index in [1.165, 1.54) is 21.3 Å². The molecule has 1 aliphatic heterocycles. The van der Waals surface area contributed by atoms with E-state index in [0.29, 0.717) is 55.0 Å². The van der Waals surface area contributed by atoms with Crippen LogP contribution in [-0.2, 0) is 9.53 Å². The molecule has 6 atom stereocenters. The molecule has 2 amide bonds. The van der Waals surface area contributed by atoms with E-state index in [-0.39, 0.29) is 29.8 Å². The van der Waals surface area contributed by atoms with Crippen molar-refractivity contribution in [2.45, 2.75) is 77.4 Å². The van der Waals surface area contributed by atoms with Crippen LogP contribution in [0.15, 0.2) is 12.1 Å². The average molecular weight is 563 g/mol. The van der Waals surface area contributed by atoms with Crippen molar-refractivity contribution in [3.05, 3.63) is 12.1 Å². The number of carbonyl (C=O) groups is 2. The van der Waals surface area contributed by atoms with Crippen LogP contribution in [0, 0.1) is 22.7 Å². The van der Waals surface area contributed by atoms with Gasteiger partial charge in [0.2, 0.25) is 11.7 Å². The van der Waals surface area contributed by atoms with Crippen molar-refractivity contribution < 1.29 is 38.7 Å². The van der Waals surface area contributed by atoms with Gasteiger partial charge in [0.05, 0.1) is 39.7 Å². The van der Waals surface area contributed by atoms with Gasteiger partial charge in [-0.05, 0) is 62.2 Å². The van der Waals surface area contributed by atoms with Crippen LogP contribution in [0.4, 0.5) is 10.5 Å². The van der Waals surface area contributed by atoms with E-state index in [1.54, 1.807) is 12.1 Å². The van der Waals surface area contributed by atoms with Gasteiger partial charge in [-0.1, -0.05) is 13.8 Å². The van der Waals surface area contributed by atoms with Crippen molar-refractivity contribution in [3.63, 3.8) is 0 Å². The lowest BCUT2D eigenvalue weighted by atomic mass is 9.46. The molecule has 2 aliphatic carbocycles. The van der Waals surface area contributed by atoms with Gasteiger partial charge in [-0.25, -0.2) is 4.79 Å². The van der Waals surface area contributed by atoms with Gasteiger partial charge < -0.3 is 34.1 Å². The Balaban J connectivity index is 1.50. The van der Waals surface area contributed by atoms with Crippen molar-refractivity contribution in [2.75, 3.05) is 46.3 Å². The number of nitrogens with zero attached hydrogens (tertiary/aromatic N) is 1. The smallest absolute Gasteiger partial charge is 0.411 e. The van der Waals surface area contributed by atoms with E-state index >= 15 is 0 Å². The third-order valence-corrected chi connectivity index (χ3v) is 9.94. The number of fused-ring (bicyclic) bond motifs is 1. The largest absolute Gasteiger partial charge is 0.493 e. The lowest BCUT2D eigenvalue weighted by Crippen LogP contribution is -2.61. The van der Waals surface area contributed by atoms with E-state index in [2.05, 4.69) is 12.2 Å². The van der Waals surface area contributed by atoms with Crippen LogP contribution in [-0.4, -0.2) is 80.3 Å². The molecular weight excluding hydrogens is 516 g/mol. The number of hydrogen-bond acceptors (Lipinski definition) is 8. The average Bonchev–Trinajstić information content (AvgIpc) is 2.96. The number of likely N-dealkylation sites (tertiary alicyclic amines) is 1. The molecule has 3 fully saturated rings. The van der Waals surface area contributed by atoms with Crippen molar-refractivity contribution in [1.82, 2.24) is 4.90 Å². The minimum atomic E-state index is -0.730.